The zero-order valence-electron chi connectivity index (χ0n) is 6.17. The average molecular weight is 131 g/mol. The Bertz CT molecular complexity index is 197. The molecule has 0 nitrogen and oxygen atoms in total. The van der Waals surface area contributed by atoms with Gasteiger partial charge in [0, 0.05) is 0 Å². The highest BCUT2D eigenvalue weighted by Gasteiger charge is 1.83. The smallest absolute Gasteiger partial charge is 0.00976 e. The van der Waals surface area contributed by atoms with E-state index in [0.29, 0.717) is 0 Å². The molecule has 1 radical (unpaired) electrons. The van der Waals surface area contributed by atoms with Crippen LogP contribution in [-0.2, 0) is 6.42 Å². The zero-order valence-corrected chi connectivity index (χ0v) is 6.17. The molecular weight excluding hydrogens is 120 g/mol. The maximum atomic E-state index is 2.99. The van der Waals surface area contributed by atoms with Crippen LogP contribution in [0.4, 0.5) is 0 Å². The van der Waals surface area contributed by atoms with Gasteiger partial charge in [0.05, 0.1) is 0 Å². The van der Waals surface area contributed by atoms with Gasteiger partial charge in [0.2, 0.25) is 0 Å². The number of allylic oxidation sites excluding steroid dienone is 2. The molecule has 0 heterocycles. The predicted octanol–water partition coefficient (Wildman–Crippen LogP) is 2.61. The van der Waals surface area contributed by atoms with Crippen molar-refractivity contribution in [2.75, 3.05) is 0 Å². The van der Waals surface area contributed by atoms with E-state index >= 15 is 0 Å². The molecular formula is C10H11. The molecule has 51 valence electrons. The molecule has 0 aromatic heterocycles. The zero-order chi connectivity index (χ0) is 7.23. The van der Waals surface area contributed by atoms with Crippen molar-refractivity contribution in [3.05, 3.63) is 48.0 Å². The highest BCUT2D eigenvalue weighted by molar-refractivity contribution is 5.16. The van der Waals surface area contributed by atoms with E-state index in [0.717, 1.165) is 6.42 Å². The molecule has 1 aromatic rings. The molecule has 0 saturated carbocycles. The third-order valence-corrected chi connectivity index (χ3v) is 1.38. The van der Waals surface area contributed by atoms with E-state index < -0.39 is 0 Å². The lowest BCUT2D eigenvalue weighted by molar-refractivity contribution is 1.26. The summed E-state index contributed by atoms with van der Waals surface area (Å²) in [6.45, 7) is 2.04. The summed E-state index contributed by atoms with van der Waals surface area (Å²) in [6.07, 6.45) is 5.25. The van der Waals surface area contributed by atoms with E-state index in [-0.39, 0.29) is 0 Å². The van der Waals surface area contributed by atoms with Crippen molar-refractivity contribution < 1.29 is 0 Å². The molecule has 0 saturated heterocycles. The first kappa shape index (κ1) is 7.07. The molecule has 0 spiro atoms. The van der Waals surface area contributed by atoms with Crippen molar-refractivity contribution in [2.24, 2.45) is 0 Å². The molecule has 0 aliphatic carbocycles. The fourth-order valence-corrected chi connectivity index (χ4v) is 0.811. The first-order chi connectivity index (χ1) is 4.93. The Labute approximate surface area is 62.2 Å². The molecule has 0 bridgehead atoms. The molecule has 0 fully saturated rings. The van der Waals surface area contributed by atoms with Crippen LogP contribution in [0.25, 0.3) is 0 Å². The maximum Gasteiger partial charge on any atom is -0.00976 e. The van der Waals surface area contributed by atoms with Crippen LogP contribution < -0.4 is 0 Å². The normalized spacial score (nSPS) is 10.5. The van der Waals surface area contributed by atoms with Crippen LogP contribution in [0.5, 0.6) is 0 Å². The molecule has 1 aromatic carbocycles. The van der Waals surface area contributed by atoms with E-state index in [9.17, 15) is 0 Å². The quantitative estimate of drug-likeness (QED) is 0.541. The van der Waals surface area contributed by atoms with Gasteiger partial charge in [-0.15, -0.1) is 0 Å². The van der Waals surface area contributed by atoms with Crippen molar-refractivity contribution in [2.45, 2.75) is 13.3 Å². The van der Waals surface area contributed by atoms with Crippen molar-refractivity contribution in [1.82, 2.24) is 0 Å². The summed E-state index contributed by atoms with van der Waals surface area (Å²) in [6, 6.07) is 11.0. The third-order valence-electron chi connectivity index (χ3n) is 1.38. The van der Waals surface area contributed by atoms with Crippen LogP contribution in [0.3, 0.4) is 0 Å². The van der Waals surface area contributed by atoms with Crippen molar-refractivity contribution >= 4 is 0 Å². The van der Waals surface area contributed by atoms with Crippen molar-refractivity contribution in [1.29, 1.82) is 0 Å². The second-order valence-corrected chi connectivity index (χ2v) is 2.18. The van der Waals surface area contributed by atoms with Crippen LogP contribution in [-0.4, -0.2) is 0 Å². The topological polar surface area (TPSA) is 0 Å². The summed E-state index contributed by atoms with van der Waals surface area (Å²) in [7, 11) is 0. The summed E-state index contributed by atoms with van der Waals surface area (Å²) < 4.78 is 0. The van der Waals surface area contributed by atoms with Gasteiger partial charge < -0.3 is 0 Å². The van der Waals surface area contributed by atoms with Gasteiger partial charge in [0.1, 0.15) is 0 Å². The van der Waals surface area contributed by atoms with E-state index in [1.165, 1.54) is 5.56 Å². The van der Waals surface area contributed by atoms with Gasteiger partial charge in [0.15, 0.2) is 0 Å². The molecule has 0 atom stereocenters. The number of benzene rings is 1. The van der Waals surface area contributed by atoms with E-state index in [1.807, 2.05) is 19.1 Å². The summed E-state index contributed by atoms with van der Waals surface area (Å²) >= 11 is 0. The highest BCUT2D eigenvalue weighted by Crippen LogP contribution is 1.98. The molecule has 0 heteroatoms. The monoisotopic (exact) mass is 131 g/mol. The third kappa shape index (κ3) is 2.06. The van der Waals surface area contributed by atoms with Gasteiger partial charge >= 0.3 is 0 Å². The Morgan fingerprint density at radius 2 is 2.10 bits per heavy atom. The minimum atomic E-state index is 1.03. The highest BCUT2D eigenvalue weighted by atomic mass is 13.9. The van der Waals surface area contributed by atoms with Gasteiger partial charge in [-0.05, 0) is 25.0 Å². The van der Waals surface area contributed by atoms with Gasteiger partial charge in [-0.1, -0.05) is 36.4 Å². The molecule has 0 N–H and O–H groups in total. The predicted molar refractivity (Wildman–Crippen MR) is 43.8 cm³/mol. The standard InChI is InChI=1S/C10H11/c1-2-3-7-10-8-5-4-6-9-10/h2-3,5-6,8-9H,7H2,1H3. The van der Waals surface area contributed by atoms with Gasteiger partial charge in [-0.2, -0.15) is 0 Å². The van der Waals surface area contributed by atoms with Gasteiger partial charge in [0.25, 0.3) is 0 Å². The first-order valence-electron chi connectivity index (χ1n) is 3.49. The number of hydrogen-bond acceptors (Lipinski definition) is 0. The second kappa shape index (κ2) is 3.89. The lowest BCUT2D eigenvalue weighted by Gasteiger charge is -1.91. The van der Waals surface area contributed by atoms with Crippen LogP contribution in [0.1, 0.15) is 12.5 Å². The number of hydrogen-bond donors (Lipinski definition) is 0. The fraction of sp³-hybridized carbons (Fsp3) is 0.200. The molecule has 10 heavy (non-hydrogen) atoms. The van der Waals surface area contributed by atoms with Crippen LogP contribution in [0.2, 0.25) is 0 Å². The summed E-state index contributed by atoms with van der Waals surface area (Å²) in [5.74, 6) is 0. The van der Waals surface area contributed by atoms with Gasteiger partial charge in [-0.3, -0.25) is 0 Å². The minimum Gasteiger partial charge on any atom is -0.0913 e. The largest absolute Gasteiger partial charge is 0.0913 e. The molecule has 0 aliphatic rings. The van der Waals surface area contributed by atoms with Gasteiger partial charge in [-0.25, -0.2) is 0 Å². The van der Waals surface area contributed by atoms with Crippen LogP contribution in [0.15, 0.2) is 36.4 Å². The van der Waals surface area contributed by atoms with E-state index in [4.69, 9.17) is 0 Å². The lowest BCUT2D eigenvalue weighted by Crippen LogP contribution is -1.77. The first-order valence-corrected chi connectivity index (χ1v) is 3.49. The summed E-state index contributed by atoms with van der Waals surface area (Å²) in [5, 5.41) is 0. The Kier molecular flexibility index (Phi) is 2.75. The van der Waals surface area contributed by atoms with Crippen LogP contribution >= 0.6 is 0 Å². The van der Waals surface area contributed by atoms with Crippen molar-refractivity contribution in [3.63, 3.8) is 0 Å². The maximum absolute atomic E-state index is 2.99. The Balaban J connectivity index is 2.59. The second-order valence-electron chi connectivity index (χ2n) is 2.18. The fourth-order valence-electron chi connectivity index (χ4n) is 0.811. The Hall–Kier alpha value is -1.04. The van der Waals surface area contributed by atoms with E-state index in [1.54, 1.807) is 0 Å². The average Bonchev–Trinajstić information content (AvgIpc) is 2.03. The van der Waals surface area contributed by atoms with E-state index in [2.05, 4.69) is 30.4 Å². The molecule has 0 amide bonds. The van der Waals surface area contributed by atoms with Crippen molar-refractivity contribution in [3.8, 4) is 0 Å². The number of rotatable bonds is 2. The molecule has 0 unspecified atom stereocenters. The summed E-state index contributed by atoms with van der Waals surface area (Å²) in [4.78, 5) is 0. The SMILES string of the molecule is CC=CCc1cc[c]cc1. The van der Waals surface area contributed by atoms with Crippen LogP contribution in [0, 0.1) is 6.07 Å². The molecule has 1 rings (SSSR count). The Morgan fingerprint density at radius 3 is 2.70 bits per heavy atom. The molecule has 0 aliphatic heterocycles. The minimum absolute atomic E-state index is 1.03. The summed E-state index contributed by atoms with van der Waals surface area (Å²) in [5.41, 5.74) is 1.34. The Morgan fingerprint density at radius 1 is 1.40 bits per heavy atom. The lowest BCUT2D eigenvalue weighted by atomic mass is 10.1.